The van der Waals surface area contributed by atoms with Gasteiger partial charge in [0.2, 0.25) is 10.0 Å². The Morgan fingerprint density at radius 1 is 1.25 bits per heavy atom. The van der Waals surface area contributed by atoms with Crippen LogP contribution in [0, 0.1) is 0 Å². The van der Waals surface area contributed by atoms with Gasteiger partial charge in [-0.05, 0) is 42.9 Å². The van der Waals surface area contributed by atoms with Crippen molar-refractivity contribution < 1.29 is 8.42 Å². The van der Waals surface area contributed by atoms with Gasteiger partial charge in [0.05, 0.1) is 4.90 Å². The van der Waals surface area contributed by atoms with E-state index in [1.54, 1.807) is 12.1 Å². The van der Waals surface area contributed by atoms with Gasteiger partial charge in [-0.15, -0.1) is 0 Å². The normalized spacial score (nSPS) is 14.2. The lowest BCUT2D eigenvalue weighted by Crippen LogP contribution is -2.29. The summed E-state index contributed by atoms with van der Waals surface area (Å²) in [6.07, 6.45) is 1.63. The lowest BCUT2D eigenvalue weighted by molar-refractivity contribution is 0.505. The Kier molecular flexibility index (Phi) is 5.74. The van der Waals surface area contributed by atoms with Crippen LogP contribution in [0.25, 0.3) is 0 Å². The zero-order chi connectivity index (χ0) is 15.4. The van der Waals surface area contributed by atoms with Gasteiger partial charge >= 0.3 is 0 Å². The van der Waals surface area contributed by atoms with Crippen molar-refractivity contribution in [3.05, 3.63) is 29.8 Å². The fourth-order valence-corrected chi connectivity index (χ4v) is 2.84. The molecule has 1 unspecified atom stereocenters. The predicted octanol–water partition coefficient (Wildman–Crippen LogP) is 2.39. The van der Waals surface area contributed by atoms with E-state index in [0.717, 1.165) is 12.0 Å². The van der Waals surface area contributed by atoms with E-state index in [9.17, 15) is 8.42 Å². The second-order valence-electron chi connectivity index (χ2n) is 5.93. The Balaban J connectivity index is 2.82. The summed E-state index contributed by atoms with van der Waals surface area (Å²) in [6, 6.07) is 7.11. The summed E-state index contributed by atoms with van der Waals surface area (Å²) in [6.45, 7) is 8.65. The number of sulfonamides is 1. The molecule has 0 bridgehead atoms. The van der Waals surface area contributed by atoms with Gasteiger partial charge in [-0.3, -0.25) is 0 Å². The van der Waals surface area contributed by atoms with Gasteiger partial charge in [0.25, 0.3) is 0 Å². The van der Waals surface area contributed by atoms with E-state index in [1.807, 2.05) is 19.1 Å². The van der Waals surface area contributed by atoms with Crippen LogP contribution in [-0.2, 0) is 15.4 Å². The molecule has 0 heterocycles. The van der Waals surface area contributed by atoms with Gasteiger partial charge in [0.15, 0.2) is 0 Å². The zero-order valence-electron chi connectivity index (χ0n) is 12.8. The predicted molar refractivity (Wildman–Crippen MR) is 83.2 cm³/mol. The third-order valence-corrected chi connectivity index (χ3v) is 5.20. The molecule has 20 heavy (non-hydrogen) atoms. The molecule has 0 radical (unpaired) electrons. The van der Waals surface area contributed by atoms with E-state index < -0.39 is 10.0 Å². The van der Waals surface area contributed by atoms with Crippen LogP contribution in [0.2, 0.25) is 0 Å². The maximum absolute atomic E-state index is 12.1. The molecule has 1 aromatic carbocycles. The highest BCUT2D eigenvalue weighted by Gasteiger charge is 2.19. The summed E-state index contributed by atoms with van der Waals surface area (Å²) in [4.78, 5) is 0.304. The fourth-order valence-electron chi connectivity index (χ4n) is 1.79. The molecule has 0 saturated carbocycles. The quantitative estimate of drug-likeness (QED) is 0.812. The molecular formula is C15H26N2O2S. The highest BCUT2D eigenvalue weighted by Crippen LogP contribution is 2.27. The standard InChI is InChI=1S/C15H26N2O2S/c1-5-15(3,4)13-6-8-14(9-7-13)20(18,19)17-11-10-12(2)16/h6-9,12,17H,5,10-11,16H2,1-4H3. The molecular weight excluding hydrogens is 272 g/mol. The van der Waals surface area contributed by atoms with Crippen LogP contribution in [0.5, 0.6) is 0 Å². The second kappa shape index (κ2) is 6.70. The average molecular weight is 298 g/mol. The van der Waals surface area contributed by atoms with Crippen LogP contribution >= 0.6 is 0 Å². The van der Waals surface area contributed by atoms with Gasteiger partial charge in [-0.2, -0.15) is 0 Å². The van der Waals surface area contributed by atoms with Crippen LogP contribution < -0.4 is 10.5 Å². The first-order valence-electron chi connectivity index (χ1n) is 7.05. The Hall–Kier alpha value is -0.910. The van der Waals surface area contributed by atoms with Crippen molar-refractivity contribution in [1.29, 1.82) is 0 Å². The average Bonchev–Trinajstić information content (AvgIpc) is 2.38. The molecule has 1 aromatic rings. The van der Waals surface area contributed by atoms with Gasteiger partial charge in [0, 0.05) is 12.6 Å². The Morgan fingerprint density at radius 2 is 1.80 bits per heavy atom. The van der Waals surface area contributed by atoms with Crippen molar-refractivity contribution in [2.24, 2.45) is 5.73 Å². The molecule has 0 aromatic heterocycles. The van der Waals surface area contributed by atoms with E-state index in [2.05, 4.69) is 25.5 Å². The topological polar surface area (TPSA) is 72.2 Å². The number of hydrogen-bond acceptors (Lipinski definition) is 3. The zero-order valence-corrected chi connectivity index (χ0v) is 13.6. The molecule has 1 rings (SSSR count). The van der Waals surface area contributed by atoms with Crippen molar-refractivity contribution in [3.8, 4) is 0 Å². The van der Waals surface area contributed by atoms with E-state index in [0.29, 0.717) is 17.9 Å². The molecule has 1 atom stereocenters. The van der Waals surface area contributed by atoms with Crippen molar-refractivity contribution in [2.75, 3.05) is 6.54 Å². The summed E-state index contributed by atoms with van der Waals surface area (Å²) >= 11 is 0. The van der Waals surface area contributed by atoms with Crippen LogP contribution in [0.4, 0.5) is 0 Å². The van der Waals surface area contributed by atoms with Crippen LogP contribution in [0.1, 0.15) is 46.1 Å². The molecule has 5 heteroatoms. The van der Waals surface area contributed by atoms with E-state index in [1.165, 1.54) is 0 Å². The molecule has 0 fully saturated rings. The third-order valence-electron chi connectivity index (χ3n) is 3.72. The minimum Gasteiger partial charge on any atom is -0.328 e. The van der Waals surface area contributed by atoms with Gasteiger partial charge in [-0.1, -0.05) is 32.9 Å². The highest BCUT2D eigenvalue weighted by molar-refractivity contribution is 7.89. The summed E-state index contributed by atoms with van der Waals surface area (Å²) in [5, 5.41) is 0. The van der Waals surface area contributed by atoms with E-state index in [-0.39, 0.29) is 11.5 Å². The smallest absolute Gasteiger partial charge is 0.240 e. The van der Waals surface area contributed by atoms with Gasteiger partial charge in [0.1, 0.15) is 0 Å². The first-order valence-corrected chi connectivity index (χ1v) is 8.53. The van der Waals surface area contributed by atoms with Crippen molar-refractivity contribution >= 4 is 10.0 Å². The first-order chi connectivity index (χ1) is 9.19. The van der Waals surface area contributed by atoms with E-state index >= 15 is 0 Å². The Labute approximate surface area is 122 Å². The van der Waals surface area contributed by atoms with Crippen LogP contribution in [0.15, 0.2) is 29.2 Å². The lowest BCUT2D eigenvalue weighted by Gasteiger charge is -2.23. The molecule has 0 spiro atoms. The number of hydrogen-bond donors (Lipinski definition) is 2. The minimum atomic E-state index is -3.43. The van der Waals surface area contributed by atoms with Crippen LogP contribution in [-0.4, -0.2) is 21.0 Å². The summed E-state index contributed by atoms with van der Waals surface area (Å²) in [5.74, 6) is 0. The molecule has 3 N–H and O–H groups in total. The molecule has 0 aliphatic rings. The van der Waals surface area contributed by atoms with Crippen LogP contribution in [0.3, 0.4) is 0 Å². The SMILES string of the molecule is CCC(C)(C)c1ccc(S(=O)(=O)NCCC(C)N)cc1. The maximum Gasteiger partial charge on any atom is 0.240 e. The minimum absolute atomic E-state index is 0.00886. The first kappa shape index (κ1) is 17.1. The van der Waals surface area contributed by atoms with Gasteiger partial charge in [-0.25, -0.2) is 13.1 Å². The van der Waals surface area contributed by atoms with Gasteiger partial charge < -0.3 is 5.73 Å². The molecule has 0 saturated heterocycles. The molecule has 0 aliphatic heterocycles. The van der Waals surface area contributed by atoms with E-state index in [4.69, 9.17) is 5.73 Å². The lowest BCUT2D eigenvalue weighted by atomic mass is 9.82. The number of rotatable bonds is 7. The summed E-state index contributed by atoms with van der Waals surface area (Å²) < 4.78 is 26.8. The largest absolute Gasteiger partial charge is 0.328 e. The Morgan fingerprint density at radius 3 is 2.25 bits per heavy atom. The summed E-state index contributed by atoms with van der Waals surface area (Å²) in [5.41, 5.74) is 6.82. The summed E-state index contributed by atoms with van der Waals surface area (Å²) in [7, 11) is -3.43. The molecule has 114 valence electrons. The van der Waals surface area contributed by atoms with Crippen molar-refractivity contribution in [3.63, 3.8) is 0 Å². The maximum atomic E-state index is 12.1. The second-order valence-corrected chi connectivity index (χ2v) is 7.69. The fraction of sp³-hybridized carbons (Fsp3) is 0.600. The van der Waals surface area contributed by atoms with Crippen molar-refractivity contribution in [1.82, 2.24) is 4.72 Å². The Bertz CT molecular complexity index is 519. The molecule has 0 aliphatic carbocycles. The monoisotopic (exact) mass is 298 g/mol. The molecule has 0 amide bonds. The van der Waals surface area contributed by atoms with Crippen molar-refractivity contribution in [2.45, 2.75) is 56.9 Å². The number of nitrogens with two attached hydrogens (primary N) is 1. The number of nitrogens with one attached hydrogen (secondary N) is 1. The number of benzene rings is 1. The molecule has 4 nitrogen and oxygen atoms in total. The highest BCUT2D eigenvalue weighted by atomic mass is 32.2. The third kappa shape index (κ3) is 4.58.